The van der Waals surface area contributed by atoms with Crippen LogP contribution in [0.3, 0.4) is 0 Å². The van der Waals surface area contributed by atoms with E-state index < -0.39 is 5.60 Å². The standard InChI is InChI=1S/C16H26N2O3/c1-5-6-11-21-14-10-8-7-9-13(14)17-15(19)18(4)12-16(2,3)20/h7-10,20H,5-6,11-12H2,1-4H3,(H,17,19). The zero-order valence-electron chi connectivity index (χ0n) is 13.3. The van der Waals surface area contributed by atoms with Gasteiger partial charge in [0.15, 0.2) is 0 Å². The van der Waals surface area contributed by atoms with Gasteiger partial charge in [0.2, 0.25) is 0 Å². The number of ether oxygens (including phenoxy) is 1. The van der Waals surface area contributed by atoms with Gasteiger partial charge in [-0.25, -0.2) is 4.79 Å². The molecule has 0 saturated heterocycles. The van der Waals surface area contributed by atoms with Gasteiger partial charge in [-0.2, -0.15) is 0 Å². The highest BCUT2D eigenvalue weighted by molar-refractivity contribution is 5.90. The predicted octanol–water partition coefficient (Wildman–Crippen LogP) is 3.10. The van der Waals surface area contributed by atoms with Gasteiger partial charge in [-0.3, -0.25) is 0 Å². The Morgan fingerprint density at radius 3 is 2.67 bits per heavy atom. The van der Waals surface area contributed by atoms with E-state index in [0.29, 0.717) is 18.0 Å². The molecular weight excluding hydrogens is 268 g/mol. The number of anilines is 1. The van der Waals surface area contributed by atoms with Crippen LogP contribution < -0.4 is 10.1 Å². The molecule has 5 nitrogen and oxygen atoms in total. The van der Waals surface area contributed by atoms with Crippen molar-refractivity contribution in [3.05, 3.63) is 24.3 Å². The van der Waals surface area contributed by atoms with Crippen molar-refractivity contribution in [3.63, 3.8) is 0 Å². The number of aliphatic hydroxyl groups is 1. The molecule has 0 aromatic heterocycles. The van der Waals surface area contributed by atoms with Crippen molar-refractivity contribution in [3.8, 4) is 5.75 Å². The highest BCUT2D eigenvalue weighted by atomic mass is 16.5. The van der Waals surface area contributed by atoms with Crippen LogP contribution in [0.4, 0.5) is 10.5 Å². The van der Waals surface area contributed by atoms with Gasteiger partial charge in [-0.05, 0) is 32.4 Å². The molecule has 5 heteroatoms. The number of likely N-dealkylation sites (N-methyl/N-ethyl adjacent to an activating group) is 1. The summed E-state index contributed by atoms with van der Waals surface area (Å²) >= 11 is 0. The molecule has 2 amide bonds. The second-order valence-corrected chi connectivity index (χ2v) is 5.80. The lowest BCUT2D eigenvalue weighted by atomic mass is 10.1. The van der Waals surface area contributed by atoms with E-state index in [1.165, 1.54) is 4.90 Å². The van der Waals surface area contributed by atoms with Gasteiger partial charge < -0.3 is 20.1 Å². The summed E-state index contributed by atoms with van der Waals surface area (Å²) < 4.78 is 5.68. The first kappa shape index (κ1) is 17.3. The zero-order chi connectivity index (χ0) is 15.9. The van der Waals surface area contributed by atoms with E-state index in [9.17, 15) is 9.90 Å². The van der Waals surface area contributed by atoms with Crippen LogP contribution in [0.1, 0.15) is 33.6 Å². The number of urea groups is 1. The third-order valence-electron chi connectivity index (χ3n) is 2.85. The van der Waals surface area contributed by atoms with E-state index in [1.807, 2.05) is 18.2 Å². The molecule has 0 aliphatic heterocycles. The summed E-state index contributed by atoms with van der Waals surface area (Å²) in [5.41, 5.74) is -0.287. The fourth-order valence-corrected chi connectivity index (χ4v) is 1.89. The lowest BCUT2D eigenvalue weighted by Crippen LogP contribution is -2.41. The Bertz CT molecular complexity index is 455. The molecule has 0 aliphatic rings. The Hall–Kier alpha value is -1.75. The highest BCUT2D eigenvalue weighted by Gasteiger charge is 2.20. The van der Waals surface area contributed by atoms with Crippen LogP contribution in [-0.2, 0) is 0 Å². The molecule has 1 aromatic carbocycles. The number of nitrogens with zero attached hydrogens (tertiary/aromatic N) is 1. The molecule has 0 heterocycles. The van der Waals surface area contributed by atoms with Crippen molar-refractivity contribution in [2.75, 3.05) is 25.5 Å². The Morgan fingerprint density at radius 2 is 2.05 bits per heavy atom. The Morgan fingerprint density at radius 1 is 1.38 bits per heavy atom. The number of unbranched alkanes of at least 4 members (excludes halogenated alkanes) is 1. The van der Waals surface area contributed by atoms with E-state index in [-0.39, 0.29) is 12.6 Å². The minimum Gasteiger partial charge on any atom is -0.491 e. The fourth-order valence-electron chi connectivity index (χ4n) is 1.89. The van der Waals surface area contributed by atoms with Crippen LogP contribution in [0.2, 0.25) is 0 Å². The Balaban J connectivity index is 2.67. The van der Waals surface area contributed by atoms with E-state index in [2.05, 4.69) is 12.2 Å². The molecule has 0 aliphatic carbocycles. The Kier molecular flexibility index (Phi) is 6.49. The van der Waals surface area contributed by atoms with Crippen LogP contribution in [0, 0.1) is 0 Å². The number of amides is 2. The maximum atomic E-state index is 12.1. The largest absolute Gasteiger partial charge is 0.491 e. The van der Waals surface area contributed by atoms with Gasteiger partial charge >= 0.3 is 6.03 Å². The topological polar surface area (TPSA) is 61.8 Å². The SMILES string of the molecule is CCCCOc1ccccc1NC(=O)N(C)CC(C)(C)O. The summed E-state index contributed by atoms with van der Waals surface area (Å²) in [6.07, 6.45) is 2.03. The molecule has 1 aromatic rings. The fraction of sp³-hybridized carbons (Fsp3) is 0.562. The molecule has 1 rings (SSSR count). The maximum absolute atomic E-state index is 12.1. The lowest BCUT2D eigenvalue weighted by molar-refractivity contribution is 0.0550. The van der Waals surface area contributed by atoms with E-state index in [1.54, 1.807) is 27.0 Å². The van der Waals surface area contributed by atoms with Crippen molar-refractivity contribution in [1.82, 2.24) is 4.90 Å². The minimum atomic E-state index is -0.927. The maximum Gasteiger partial charge on any atom is 0.321 e. The smallest absolute Gasteiger partial charge is 0.321 e. The summed E-state index contributed by atoms with van der Waals surface area (Å²) in [5, 5.41) is 12.6. The van der Waals surface area contributed by atoms with Crippen LogP contribution in [0.5, 0.6) is 5.75 Å². The first-order valence-electron chi connectivity index (χ1n) is 7.30. The molecule has 0 saturated carbocycles. The molecule has 118 valence electrons. The molecule has 0 atom stereocenters. The van der Waals surface area contributed by atoms with Gasteiger partial charge in [-0.1, -0.05) is 25.5 Å². The number of hydrogen-bond donors (Lipinski definition) is 2. The van der Waals surface area contributed by atoms with Gasteiger partial charge in [0.05, 0.1) is 24.4 Å². The molecule has 0 spiro atoms. The number of hydrogen-bond acceptors (Lipinski definition) is 3. The third-order valence-corrected chi connectivity index (χ3v) is 2.85. The molecule has 0 unspecified atom stereocenters. The molecule has 2 N–H and O–H groups in total. The summed E-state index contributed by atoms with van der Waals surface area (Å²) in [6.45, 7) is 6.31. The molecule has 21 heavy (non-hydrogen) atoms. The Labute approximate surface area is 126 Å². The second kappa shape index (κ2) is 7.88. The quantitative estimate of drug-likeness (QED) is 0.760. The van der Waals surface area contributed by atoms with Gasteiger partial charge in [0, 0.05) is 7.05 Å². The van der Waals surface area contributed by atoms with Crippen molar-refractivity contribution >= 4 is 11.7 Å². The number of rotatable bonds is 7. The number of nitrogens with one attached hydrogen (secondary N) is 1. The first-order chi connectivity index (χ1) is 9.83. The van der Waals surface area contributed by atoms with E-state index >= 15 is 0 Å². The van der Waals surface area contributed by atoms with Crippen LogP contribution in [0.25, 0.3) is 0 Å². The molecule has 0 bridgehead atoms. The predicted molar refractivity (Wildman–Crippen MR) is 84.8 cm³/mol. The second-order valence-electron chi connectivity index (χ2n) is 5.80. The molecular formula is C16H26N2O3. The highest BCUT2D eigenvalue weighted by Crippen LogP contribution is 2.24. The summed E-state index contributed by atoms with van der Waals surface area (Å²) in [4.78, 5) is 13.6. The number of carbonyl (C=O) groups is 1. The van der Waals surface area contributed by atoms with Crippen molar-refractivity contribution in [1.29, 1.82) is 0 Å². The van der Waals surface area contributed by atoms with Gasteiger partial charge in [0.1, 0.15) is 5.75 Å². The van der Waals surface area contributed by atoms with Crippen LogP contribution >= 0.6 is 0 Å². The van der Waals surface area contributed by atoms with Crippen molar-refractivity contribution in [2.24, 2.45) is 0 Å². The molecule has 0 radical (unpaired) electrons. The van der Waals surface area contributed by atoms with E-state index in [0.717, 1.165) is 12.8 Å². The lowest BCUT2D eigenvalue weighted by Gasteiger charge is -2.26. The number of para-hydroxylation sites is 2. The summed E-state index contributed by atoms with van der Waals surface area (Å²) in [6, 6.07) is 7.08. The molecule has 0 fully saturated rings. The van der Waals surface area contributed by atoms with Gasteiger partial charge in [0.25, 0.3) is 0 Å². The van der Waals surface area contributed by atoms with E-state index in [4.69, 9.17) is 4.74 Å². The number of carbonyl (C=O) groups excluding carboxylic acids is 1. The average molecular weight is 294 g/mol. The average Bonchev–Trinajstić information content (AvgIpc) is 2.39. The van der Waals surface area contributed by atoms with Gasteiger partial charge in [-0.15, -0.1) is 0 Å². The van der Waals surface area contributed by atoms with Crippen LogP contribution in [-0.4, -0.2) is 41.8 Å². The number of benzene rings is 1. The third kappa shape index (κ3) is 6.49. The van der Waals surface area contributed by atoms with Crippen molar-refractivity contribution < 1.29 is 14.6 Å². The zero-order valence-corrected chi connectivity index (χ0v) is 13.3. The summed E-state index contributed by atoms with van der Waals surface area (Å²) in [7, 11) is 1.65. The summed E-state index contributed by atoms with van der Waals surface area (Å²) in [5.74, 6) is 0.663. The van der Waals surface area contributed by atoms with Crippen LogP contribution in [0.15, 0.2) is 24.3 Å². The normalized spacial score (nSPS) is 11.1. The minimum absolute atomic E-state index is 0.248. The van der Waals surface area contributed by atoms with Crippen molar-refractivity contribution in [2.45, 2.75) is 39.2 Å². The monoisotopic (exact) mass is 294 g/mol. The first-order valence-corrected chi connectivity index (χ1v) is 7.30.